The molecule has 0 spiro atoms. The fraction of sp³-hybridized carbons (Fsp3) is 0.591. The lowest BCUT2D eigenvalue weighted by Crippen LogP contribution is -2.50. The molecule has 0 aliphatic carbocycles. The van der Waals surface area contributed by atoms with Gasteiger partial charge < -0.3 is 9.80 Å². The maximum atomic E-state index is 13.5. The zero-order chi connectivity index (χ0) is 21.2. The van der Waals surface area contributed by atoms with Gasteiger partial charge in [0.15, 0.2) is 0 Å². The van der Waals surface area contributed by atoms with Crippen molar-refractivity contribution in [3.05, 3.63) is 35.4 Å². The number of aryl methyl sites for hydroxylation is 1. The van der Waals surface area contributed by atoms with Crippen LogP contribution >= 0.6 is 0 Å². The fourth-order valence-corrected chi connectivity index (χ4v) is 4.74. The highest BCUT2D eigenvalue weighted by molar-refractivity contribution is 5.90. The summed E-state index contributed by atoms with van der Waals surface area (Å²) in [6.07, 6.45) is 2.25. The number of likely N-dealkylation sites (tertiary alicyclic amines) is 2. The number of nitrogens with one attached hydrogen (secondary N) is 1. The molecule has 2 heterocycles. The number of carbonyl (C=O) groups excluding carboxylic acids is 3. The molecule has 3 rings (SSSR count). The summed E-state index contributed by atoms with van der Waals surface area (Å²) in [7, 11) is 0. The van der Waals surface area contributed by atoms with Crippen LogP contribution in [0.25, 0.3) is 0 Å². The standard InChI is InChI=1S/C22H31N3O4/c1-15-4-6-18(7-5-15)22(3)10-13-25(21(22)28)19(14-20(27)23-29)17-8-11-24(12-9-17)16(2)26/h4-7,17,19,29H,8-14H2,1-3H3,(H,23,27). The Morgan fingerprint density at radius 2 is 1.83 bits per heavy atom. The number of rotatable bonds is 5. The van der Waals surface area contributed by atoms with Crippen LogP contribution in [0.15, 0.2) is 24.3 Å². The van der Waals surface area contributed by atoms with Gasteiger partial charge in [-0.3, -0.25) is 19.6 Å². The lowest BCUT2D eigenvalue weighted by atomic mass is 9.80. The Balaban J connectivity index is 1.81. The van der Waals surface area contributed by atoms with Crippen LogP contribution in [-0.4, -0.2) is 58.4 Å². The second-order valence-corrected chi connectivity index (χ2v) is 8.60. The summed E-state index contributed by atoms with van der Waals surface area (Å²) in [5, 5.41) is 9.06. The molecular formula is C22H31N3O4. The Morgan fingerprint density at radius 1 is 1.21 bits per heavy atom. The van der Waals surface area contributed by atoms with Gasteiger partial charge in [-0.25, -0.2) is 5.48 Å². The second-order valence-electron chi connectivity index (χ2n) is 8.60. The first-order valence-electron chi connectivity index (χ1n) is 10.3. The molecule has 3 amide bonds. The third-order valence-electron chi connectivity index (χ3n) is 6.72. The first-order valence-corrected chi connectivity index (χ1v) is 10.3. The Morgan fingerprint density at radius 3 is 2.38 bits per heavy atom. The van der Waals surface area contributed by atoms with Gasteiger partial charge >= 0.3 is 0 Å². The highest BCUT2D eigenvalue weighted by Crippen LogP contribution is 2.39. The van der Waals surface area contributed by atoms with Crippen LogP contribution in [0.3, 0.4) is 0 Å². The molecule has 2 N–H and O–H groups in total. The summed E-state index contributed by atoms with van der Waals surface area (Å²) in [4.78, 5) is 40.8. The minimum absolute atomic E-state index is 0.0334. The van der Waals surface area contributed by atoms with Gasteiger partial charge in [0.05, 0.1) is 5.41 Å². The first kappa shape index (κ1) is 21.3. The van der Waals surface area contributed by atoms with Crippen molar-refractivity contribution in [2.45, 2.75) is 57.9 Å². The van der Waals surface area contributed by atoms with Crippen LogP contribution in [-0.2, 0) is 19.8 Å². The molecule has 7 heteroatoms. The number of nitrogens with zero attached hydrogens (tertiary/aromatic N) is 2. The van der Waals surface area contributed by atoms with E-state index in [4.69, 9.17) is 5.21 Å². The molecule has 29 heavy (non-hydrogen) atoms. The van der Waals surface area contributed by atoms with E-state index >= 15 is 0 Å². The molecule has 2 atom stereocenters. The van der Waals surface area contributed by atoms with Crippen LogP contribution in [0.5, 0.6) is 0 Å². The maximum Gasteiger partial charge on any atom is 0.245 e. The summed E-state index contributed by atoms with van der Waals surface area (Å²) >= 11 is 0. The Labute approximate surface area is 172 Å². The van der Waals surface area contributed by atoms with Crippen LogP contribution in [0.4, 0.5) is 0 Å². The monoisotopic (exact) mass is 401 g/mol. The van der Waals surface area contributed by atoms with Crippen molar-refractivity contribution >= 4 is 17.7 Å². The molecule has 0 saturated carbocycles. The van der Waals surface area contributed by atoms with E-state index in [1.807, 2.05) is 47.9 Å². The molecule has 2 fully saturated rings. The molecular weight excluding hydrogens is 370 g/mol. The Kier molecular flexibility index (Phi) is 6.27. The van der Waals surface area contributed by atoms with Crippen molar-refractivity contribution in [3.8, 4) is 0 Å². The third kappa shape index (κ3) is 4.29. The summed E-state index contributed by atoms with van der Waals surface area (Å²) in [5.41, 5.74) is 3.25. The van der Waals surface area contributed by atoms with E-state index in [0.29, 0.717) is 26.1 Å². The second kappa shape index (κ2) is 8.53. The lowest BCUT2D eigenvalue weighted by molar-refractivity contribution is -0.139. The van der Waals surface area contributed by atoms with E-state index in [0.717, 1.165) is 24.0 Å². The van der Waals surface area contributed by atoms with Crippen LogP contribution in [0, 0.1) is 12.8 Å². The van der Waals surface area contributed by atoms with Crippen LogP contribution in [0.1, 0.15) is 50.7 Å². The van der Waals surface area contributed by atoms with Crippen molar-refractivity contribution in [2.75, 3.05) is 19.6 Å². The van der Waals surface area contributed by atoms with E-state index in [1.165, 1.54) is 0 Å². The van der Waals surface area contributed by atoms with Gasteiger partial charge in [-0.15, -0.1) is 0 Å². The van der Waals surface area contributed by atoms with Gasteiger partial charge in [0, 0.05) is 39.0 Å². The fourth-order valence-electron chi connectivity index (χ4n) is 4.74. The first-order chi connectivity index (χ1) is 13.8. The van der Waals surface area contributed by atoms with Crippen molar-refractivity contribution in [2.24, 2.45) is 5.92 Å². The molecule has 2 unspecified atom stereocenters. The molecule has 0 radical (unpaired) electrons. The number of hydrogen-bond acceptors (Lipinski definition) is 4. The molecule has 0 bridgehead atoms. The van der Waals surface area contributed by atoms with E-state index in [1.54, 1.807) is 12.4 Å². The normalized spacial score (nSPS) is 23.9. The summed E-state index contributed by atoms with van der Waals surface area (Å²) in [6.45, 7) is 7.41. The number of carbonyl (C=O) groups is 3. The van der Waals surface area contributed by atoms with Gasteiger partial charge in [-0.1, -0.05) is 29.8 Å². The highest BCUT2D eigenvalue weighted by atomic mass is 16.5. The summed E-state index contributed by atoms with van der Waals surface area (Å²) in [6, 6.07) is 7.78. The molecule has 1 aromatic carbocycles. The van der Waals surface area contributed by atoms with E-state index in [9.17, 15) is 14.4 Å². The van der Waals surface area contributed by atoms with Gasteiger partial charge in [-0.2, -0.15) is 0 Å². The zero-order valence-electron chi connectivity index (χ0n) is 17.5. The third-order valence-corrected chi connectivity index (χ3v) is 6.72. The molecule has 2 aliphatic heterocycles. The molecule has 158 valence electrons. The van der Waals surface area contributed by atoms with Crippen molar-refractivity contribution in [1.82, 2.24) is 15.3 Å². The summed E-state index contributed by atoms with van der Waals surface area (Å²) < 4.78 is 0. The van der Waals surface area contributed by atoms with Crippen LogP contribution in [0.2, 0.25) is 0 Å². The number of piperidine rings is 1. The van der Waals surface area contributed by atoms with Gasteiger partial charge in [-0.05, 0) is 44.6 Å². The lowest BCUT2D eigenvalue weighted by Gasteiger charge is -2.40. The van der Waals surface area contributed by atoms with Crippen molar-refractivity contribution in [1.29, 1.82) is 0 Å². The average Bonchev–Trinajstić information content (AvgIpc) is 3.02. The van der Waals surface area contributed by atoms with E-state index < -0.39 is 11.3 Å². The predicted octanol–water partition coefficient (Wildman–Crippen LogP) is 2.01. The van der Waals surface area contributed by atoms with Crippen LogP contribution < -0.4 is 5.48 Å². The Bertz CT molecular complexity index is 771. The zero-order valence-corrected chi connectivity index (χ0v) is 17.5. The molecule has 0 aromatic heterocycles. The Hall–Kier alpha value is -2.41. The summed E-state index contributed by atoms with van der Waals surface area (Å²) in [5.74, 6) is -0.281. The van der Waals surface area contributed by atoms with Gasteiger partial charge in [0.25, 0.3) is 0 Å². The molecule has 1 aromatic rings. The number of benzene rings is 1. The minimum Gasteiger partial charge on any atom is -0.343 e. The quantitative estimate of drug-likeness (QED) is 0.583. The number of hydroxylamine groups is 1. The minimum atomic E-state index is -0.609. The smallest absolute Gasteiger partial charge is 0.245 e. The molecule has 2 saturated heterocycles. The largest absolute Gasteiger partial charge is 0.343 e. The topological polar surface area (TPSA) is 89.9 Å². The van der Waals surface area contributed by atoms with E-state index in [2.05, 4.69) is 0 Å². The van der Waals surface area contributed by atoms with Gasteiger partial charge in [0.1, 0.15) is 0 Å². The molecule has 7 nitrogen and oxygen atoms in total. The SMILES string of the molecule is CC(=O)N1CCC(C(CC(=O)NO)N2CCC(C)(c3ccc(C)cc3)C2=O)CC1. The van der Waals surface area contributed by atoms with Gasteiger partial charge in [0.2, 0.25) is 17.7 Å². The molecule has 2 aliphatic rings. The van der Waals surface area contributed by atoms with Crippen molar-refractivity contribution in [3.63, 3.8) is 0 Å². The average molecular weight is 402 g/mol. The highest BCUT2D eigenvalue weighted by Gasteiger charge is 2.48. The number of amides is 3. The van der Waals surface area contributed by atoms with Crippen molar-refractivity contribution < 1.29 is 19.6 Å². The maximum absolute atomic E-state index is 13.5. The predicted molar refractivity (Wildman–Crippen MR) is 108 cm³/mol. The van der Waals surface area contributed by atoms with E-state index in [-0.39, 0.29) is 30.2 Å². The number of hydrogen-bond donors (Lipinski definition) is 2.